The van der Waals surface area contributed by atoms with Gasteiger partial charge in [-0.05, 0) is 30.5 Å². The Balaban J connectivity index is 1.60. The van der Waals surface area contributed by atoms with Crippen LogP contribution in [0, 0.1) is 11.6 Å². The SMILES string of the molecule is O=C(NC1CC1c1c(F)cccc1F)N[C@H](CCO)c1ccccc1. The molecule has 0 aliphatic heterocycles. The second kappa shape index (κ2) is 7.61. The number of carbonyl (C=O) groups excluding carboxylic acids is 1. The summed E-state index contributed by atoms with van der Waals surface area (Å²) in [7, 11) is 0. The first-order chi connectivity index (χ1) is 12.1. The summed E-state index contributed by atoms with van der Waals surface area (Å²) in [6, 6.07) is 12.1. The van der Waals surface area contributed by atoms with E-state index in [1.54, 1.807) is 0 Å². The van der Waals surface area contributed by atoms with Gasteiger partial charge >= 0.3 is 6.03 Å². The van der Waals surface area contributed by atoms with E-state index in [0.29, 0.717) is 12.8 Å². The Bertz CT molecular complexity index is 719. The molecule has 0 aromatic heterocycles. The molecular formula is C19H20F2N2O2. The summed E-state index contributed by atoms with van der Waals surface area (Å²) < 4.78 is 27.6. The third kappa shape index (κ3) is 4.14. The van der Waals surface area contributed by atoms with Crippen LogP contribution in [0.3, 0.4) is 0 Å². The minimum absolute atomic E-state index is 0.0303. The number of nitrogens with one attached hydrogen (secondary N) is 2. The fraction of sp³-hybridized carbons (Fsp3) is 0.316. The predicted octanol–water partition coefficient (Wildman–Crippen LogP) is 3.24. The fourth-order valence-electron chi connectivity index (χ4n) is 3.04. The van der Waals surface area contributed by atoms with E-state index in [9.17, 15) is 18.7 Å². The summed E-state index contributed by atoms with van der Waals surface area (Å²) in [6.07, 6.45) is 0.884. The Hall–Kier alpha value is -2.47. The average molecular weight is 346 g/mol. The largest absolute Gasteiger partial charge is 0.396 e. The highest BCUT2D eigenvalue weighted by Gasteiger charge is 2.42. The van der Waals surface area contributed by atoms with Crippen molar-refractivity contribution in [3.63, 3.8) is 0 Å². The normalized spacial score (nSPS) is 20.0. The van der Waals surface area contributed by atoms with Gasteiger partial charge < -0.3 is 15.7 Å². The molecule has 0 bridgehead atoms. The Morgan fingerprint density at radius 3 is 2.44 bits per heavy atom. The third-order valence-electron chi connectivity index (χ3n) is 4.40. The van der Waals surface area contributed by atoms with Crippen LogP contribution in [0.1, 0.15) is 35.9 Å². The number of hydrogen-bond acceptors (Lipinski definition) is 2. The zero-order valence-electron chi connectivity index (χ0n) is 13.6. The number of amides is 2. The quantitative estimate of drug-likeness (QED) is 0.752. The third-order valence-corrected chi connectivity index (χ3v) is 4.40. The number of aliphatic hydroxyl groups is 1. The Labute approximate surface area is 144 Å². The number of halogens is 2. The molecule has 1 fully saturated rings. The maximum absolute atomic E-state index is 13.8. The Morgan fingerprint density at radius 2 is 1.80 bits per heavy atom. The van der Waals surface area contributed by atoms with Gasteiger partial charge in [-0.2, -0.15) is 0 Å². The van der Waals surface area contributed by atoms with Gasteiger partial charge in [-0.15, -0.1) is 0 Å². The molecule has 0 radical (unpaired) electrons. The van der Waals surface area contributed by atoms with Crippen LogP contribution in [0.5, 0.6) is 0 Å². The van der Waals surface area contributed by atoms with E-state index >= 15 is 0 Å². The van der Waals surface area contributed by atoms with Crippen LogP contribution < -0.4 is 10.6 Å². The van der Waals surface area contributed by atoms with Crippen LogP contribution >= 0.6 is 0 Å². The number of carbonyl (C=O) groups is 1. The van der Waals surface area contributed by atoms with Crippen LogP contribution in [0.25, 0.3) is 0 Å². The van der Waals surface area contributed by atoms with E-state index < -0.39 is 17.7 Å². The molecule has 3 N–H and O–H groups in total. The highest BCUT2D eigenvalue weighted by Crippen LogP contribution is 2.43. The number of hydrogen-bond donors (Lipinski definition) is 3. The van der Waals surface area contributed by atoms with Gasteiger partial charge in [0.25, 0.3) is 0 Å². The van der Waals surface area contributed by atoms with Crippen molar-refractivity contribution in [3.8, 4) is 0 Å². The van der Waals surface area contributed by atoms with Crippen molar-refractivity contribution in [2.24, 2.45) is 0 Å². The van der Waals surface area contributed by atoms with Crippen molar-refractivity contribution >= 4 is 6.03 Å². The molecule has 132 valence electrons. The molecule has 0 spiro atoms. The van der Waals surface area contributed by atoms with Gasteiger partial charge in [0, 0.05) is 24.1 Å². The summed E-state index contributed by atoms with van der Waals surface area (Å²) in [5.41, 5.74) is 0.918. The summed E-state index contributed by atoms with van der Waals surface area (Å²) >= 11 is 0. The molecule has 25 heavy (non-hydrogen) atoms. The molecule has 0 saturated heterocycles. The standard InChI is InChI=1S/C19H20F2N2O2/c20-14-7-4-8-15(21)18(14)13-11-17(13)23-19(25)22-16(9-10-24)12-5-2-1-3-6-12/h1-8,13,16-17,24H,9-11H2,(H2,22,23,25)/t13?,16-,17?/m1/s1. The highest BCUT2D eigenvalue weighted by molar-refractivity contribution is 5.75. The predicted molar refractivity (Wildman–Crippen MR) is 90.1 cm³/mol. The fourth-order valence-corrected chi connectivity index (χ4v) is 3.04. The van der Waals surface area contributed by atoms with E-state index in [-0.39, 0.29) is 30.2 Å². The van der Waals surface area contributed by atoms with Crippen LogP contribution in [0.4, 0.5) is 13.6 Å². The van der Waals surface area contributed by atoms with Crippen molar-refractivity contribution in [3.05, 3.63) is 71.3 Å². The molecule has 2 amide bonds. The van der Waals surface area contributed by atoms with Gasteiger partial charge in [-0.1, -0.05) is 36.4 Å². The molecule has 2 unspecified atom stereocenters. The number of urea groups is 1. The maximum Gasteiger partial charge on any atom is 0.315 e. The summed E-state index contributed by atoms with van der Waals surface area (Å²) in [5.74, 6) is -1.52. The molecule has 2 aromatic rings. The van der Waals surface area contributed by atoms with Crippen molar-refractivity contribution in [1.29, 1.82) is 0 Å². The van der Waals surface area contributed by atoms with Crippen molar-refractivity contribution in [2.45, 2.75) is 30.8 Å². The topological polar surface area (TPSA) is 61.4 Å². The molecule has 1 saturated carbocycles. The maximum atomic E-state index is 13.8. The van der Waals surface area contributed by atoms with Gasteiger partial charge in [-0.25, -0.2) is 13.6 Å². The lowest BCUT2D eigenvalue weighted by Crippen LogP contribution is -2.39. The number of aliphatic hydroxyl groups excluding tert-OH is 1. The first-order valence-corrected chi connectivity index (χ1v) is 8.27. The molecule has 1 aliphatic carbocycles. The average Bonchev–Trinajstić information content (AvgIpc) is 3.33. The van der Waals surface area contributed by atoms with Crippen LogP contribution in [-0.4, -0.2) is 23.8 Å². The van der Waals surface area contributed by atoms with Gasteiger partial charge in [0.1, 0.15) is 11.6 Å². The van der Waals surface area contributed by atoms with Crippen LogP contribution in [-0.2, 0) is 0 Å². The first kappa shape index (κ1) is 17.4. The minimum Gasteiger partial charge on any atom is -0.396 e. The lowest BCUT2D eigenvalue weighted by Gasteiger charge is -2.19. The number of benzene rings is 2. The summed E-state index contributed by atoms with van der Waals surface area (Å²) in [4.78, 5) is 12.2. The molecule has 4 nitrogen and oxygen atoms in total. The van der Waals surface area contributed by atoms with Crippen LogP contribution in [0.2, 0.25) is 0 Å². The summed E-state index contributed by atoms with van der Waals surface area (Å²) in [5, 5.41) is 14.8. The van der Waals surface area contributed by atoms with Crippen molar-refractivity contribution < 1.29 is 18.7 Å². The van der Waals surface area contributed by atoms with Crippen molar-refractivity contribution in [2.75, 3.05) is 6.61 Å². The first-order valence-electron chi connectivity index (χ1n) is 8.27. The lowest BCUT2D eigenvalue weighted by atomic mass is 10.0. The van der Waals surface area contributed by atoms with E-state index in [1.165, 1.54) is 18.2 Å². The smallest absolute Gasteiger partial charge is 0.315 e. The molecule has 0 heterocycles. The Kier molecular flexibility index (Phi) is 5.28. The molecule has 3 rings (SSSR count). The monoisotopic (exact) mass is 346 g/mol. The van der Waals surface area contributed by atoms with Gasteiger partial charge in [-0.3, -0.25) is 0 Å². The lowest BCUT2D eigenvalue weighted by molar-refractivity contribution is 0.228. The van der Waals surface area contributed by atoms with E-state index in [4.69, 9.17) is 0 Å². The van der Waals surface area contributed by atoms with Gasteiger partial charge in [0.05, 0.1) is 6.04 Å². The minimum atomic E-state index is -0.586. The second-order valence-corrected chi connectivity index (χ2v) is 6.18. The zero-order chi connectivity index (χ0) is 17.8. The molecular weight excluding hydrogens is 326 g/mol. The molecule has 2 aromatic carbocycles. The zero-order valence-corrected chi connectivity index (χ0v) is 13.6. The number of rotatable bonds is 6. The van der Waals surface area contributed by atoms with Gasteiger partial charge in [0.2, 0.25) is 0 Å². The van der Waals surface area contributed by atoms with E-state index in [2.05, 4.69) is 10.6 Å². The molecule has 3 atom stereocenters. The van der Waals surface area contributed by atoms with E-state index in [0.717, 1.165) is 5.56 Å². The molecule has 1 aliphatic rings. The van der Waals surface area contributed by atoms with Gasteiger partial charge in [0.15, 0.2) is 0 Å². The van der Waals surface area contributed by atoms with E-state index in [1.807, 2.05) is 30.3 Å². The van der Waals surface area contributed by atoms with Crippen molar-refractivity contribution in [1.82, 2.24) is 10.6 Å². The second-order valence-electron chi connectivity index (χ2n) is 6.18. The highest BCUT2D eigenvalue weighted by atomic mass is 19.1. The molecule has 6 heteroatoms. The van der Waals surface area contributed by atoms with Crippen LogP contribution in [0.15, 0.2) is 48.5 Å². The Morgan fingerprint density at radius 1 is 1.12 bits per heavy atom. The summed E-state index contributed by atoms with van der Waals surface area (Å²) in [6.45, 7) is -0.0632.